The third-order valence-electron chi connectivity index (χ3n) is 3.23. The SMILES string of the molecule is CC(C#Cc1occc1Sc1cccc(F)n1)N(O)C(N)=O.Fc1ccc(S)cn1. The first-order chi connectivity index (χ1) is 14.3. The van der Waals surface area contributed by atoms with E-state index in [1.807, 2.05) is 0 Å². The van der Waals surface area contributed by atoms with Gasteiger partial charge in [-0.2, -0.15) is 13.8 Å². The number of pyridine rings is 2. The number of rotatable bonds is 3. The van der Waals surface area contributed by atoms with Gasteiger partial charge in [-0.1, -0.05) is 23.7 Å². The van der Waals surface area contributed by atoms with E-state index in [1.165, 1.54) is 43.3 Å². The van der Waals surface area contributed by atoms with Crippen molar-refractivity contribution in [1.29, 1.82) is 0 Å². The molecule has 0 aliphatic rings. The van der Waals surface area contributed by atoms with Gasteiger partial charge in [0, 0.05) is 11.1 Å². The zero-order chi connectivity index (χ0) is 22.1. The molecule has 0 aromatic carbocycles. The lowest BCUT2D eigenvalue weighted by atomic mass is 10.3. The summed E-state index contributed by atoms with van der Waals surface area (Å²) in [6.45, 7) is 1.50. The third-order valence-corrected chi connectivity index (χ3v) is 4.47. The van der Waals surface area contributed by atoms with Crippen LogP contribution in [0.15, 0.2) is 68.1 Å². The van der Waals surface area contributed by atoms with Crippen molar-refractivity contribution in [2.24, 2.45) is 5.73 Å². The van der Waals surface area contributed by atoms with Crippen LogP contribution in [0.1, 0.15) is 12.7 Å². The monoisotopic (exact) mass is 450 g/mol. The van der Waals surface area contributed by atoms with Crippen molar-refractivity contribution in [2.45, 2.75) is 27.8 Å². The van der Waals surface area contributed by atoms with E-state index in [-0.39, 0.29) is 0 Å². The summed E-state index contributed by atoms with van der Waals surface area (Å²) in [4.78, 5) is 19.2. The number of hydroxylamine groups is 2. The summed E-state index contributed by atoms with van der Waals surface area (Å²) in [6, 6.07) is 7.14. The molecule has 0 saturated heterocycles. The van der Waals surface area contributed by atoms with E-state index in [4.69, 9.17) is 10.2 Å². The minimum Gasteiger partial charge on any atom is -0.455 e. The van der Waals surface area contributed by atoms with Gasteiger partial charge in [0.05, 0.1) is 11.2 Å². The number of urea groups is 1. The van der Waals surface area contributed by atoms with Crippen molar-refractivity contribution in [1.82, 2.24) is 15.0 Å². The number of amides is 2. The van der Waals surface area contributed by atoms with E-state index in [1.54, 1.807) is 24.3 Å². The van der Waals surface area contributed by atoms with Gasteiger partial charge in [-0.05, 0) is 43.2 Å². The molecule has 0 bridgehead atoms. The van der Waals surface area contributed by atoms with Crippen LogP contribution in [0.25, 0.3) is 0 Å². The fourth-order valence-electron chi connectivity index (χ4n) is 1.82. The molecule has 2 amide bonds. The highest BCUT2D eigenvalue weighted by molar-refractivity contribution is 7.99. The van der Waals surface area contributed by atoms with Crippen LogP contribution in [-0.4, -0.2) is 32.3 Å². The molecule has 7 nitrogen and oxygen atoms in total. The second-order valence-electron chi connectivity index (χ2n) is 5.48. The Morgan fingerprint density at radius 3 is 2.67 bits per heavy atom. The molecule has 3 rings (SSSR count). The van der Waals surface area contributed by atoms with Gasteiger partial charge in [0.2, 0.25) is 11.9 Å². The second kappa shape index (κ2) is 11.2. The summed E-state index contributed by atoms with van der Waals surface area (Å²) in [5, 5.41) is 10.1. The molecule has 1 unspecified atom stereocenters. The molecule has 3 heterocycles. The number of hydrogen-bond acceptors (Lipinski definition) is 7. The molecule has 30 heavy (non-hydrogen) atoms. The molecule has 11 heteroatoms. The van der Waals surface area contributed by atoms with E-state index < -0.39 is 24.0 Å². The summed E-state index contributed by atoms with van der Waals surface area (Å²) >= 11 is 5.09. The van der Waals surface area contributed by atoms with Crippen molar-refractivity contribution < 1.29 is 23.2 Å². The second-order valence-corrected chi connectivity index (χ2v) is 7.06. The number of carbonyl (C=O) groups excluding carboxylic acids is 1. The third kappa shape index (κ3) is 7.40. The molecule has 0 spiro atoms. The molecule has 0 aliphatic heterocycles. The van der Waals surface area contributed by atoms with Crippen molar-refractivity contribution in [2.75, 3.05) is 0 Å². The zero-order valence-electron chi connectivity index (χ0n) is 15.5. The van der Waals surface area contributed by atoms with Crippen LogP contribution in [0.4, 0.5) is 13.6 Å². The van der Waals surface area contributed by atoms with Crippen LogP contribution >= 0.6 is 24.4 Å². The largest absolute Gasteiger partial charge is 0.455 e. The lowest BCUT2D eigenvalue weighted by molar-refractivity contribution is -0.0536. The summed E-state index contributed by atoms with van der Waals surface area (Å²) < 4.78 is 30.2. The predicted octanol–water partition coefficient (Wildman–Crippen LogP) is 3.98. The van der Waals surface area contributed by atoms with Crippen LogP contribution < -0.4 is 5.73 Å². The Kier molecular flexibility index (Phi) is 8.67. The predicted molar refractivity (Wildman–Crippen MR) is 108 cm³/mol. The van der Waals surface area contributed by atoms with Gasteiger partial charge in [-0.25, -0.2) is 14.8 Å². The average Bonchev–Trinajstić information content (AvgIpc) is 3.15. The molecule has 0 aliphatic carbocycles. The number of thiol groups is 1. The highest BCUT2D eigenvalue weighted by Crippen LogP contribution is 2.29. The molecular formula is C19H16F2N4O3S2. The average molecular weight is 450 g/mol. The van der Waals surface area contributed by atoms with Gasteiger partial charge in [0.15, 0.2) is 5.76 Å². The fraction of sp³-hybridized carbons (Fsp3) is 0.105. The molecule has 3 aromatic heterocycles. The zero-order valence-corrected chi connectivity index (χ0v) is 17.2. The van der Waals surface area contributed by atoms with Crippen LogP contribution in [-0.2, 0) is 0 Å². The molecule has 0 saturated carbocycles. The first-order valence-corrected chi connectivity index (χ1v) is 9.50. The lowest BCUT2D eigenvalue weighted by Gasteiger charge is -2.14. The number of carbonyl (C=O) groups is 1. The van der Waals surface area contributed by atoms with Crippen LogP contribution in [0, 0.1) is 23.7 Å². The fourth-order valence-corrected chi connectivity index (χ4v) is 2.77. The number of hydrogen-bond donors (Lipinski definition) is 3. The van der Waals surface area contributed by atoms with E-state index >= 15 is 0 Å². The van der Waals surface area contributed by atoms with Crippen molar-refractivity contribution in [3.05, 3.63) is 66.5 Å². The standard InChI is InChI=1S/C14H12FN3O3S.C5H4FNS/c1-9(18(20)14(16)19)5-6-10-11(7-8-21-10)22-13-4-2-3-12(15)17-13;6-5-2-1-4(8)3-7-5/h2-4,7-9,20H,1H3,(H2,16,19);1-3,8H. The molecule has 3 N–H and O–H groups in total. The minimum absolute atomic E-state index is 0.316. The maximum absolute atomic E-state index is 13.1. The summed E-state index contributed by atoms with van der Waals surface area (Å²) in [5.41, 5.74) is 4.93. The number of primary amides is 1. The molecule has 1 atom stereocenters. The molecule has 0 fully saturated rings. The normalized spacial score (nSPS) is 10.8. The summed E-state index contributed by atoms with van der Waals surface area (Å²) in [7, 11) is 0. The summed E-state index contributed by atoms with van der Waals surface area (Å²) in [6.07, 6.45) is 2.79. The van der Waals surface area contributed by atoms with Gasteiger partial charge >= 0.3 is 6.03 Å². The van der Waals surface area contributed by atoms with E-state index in [9.17, 15) is 18.8 Å². The smallest absolute Gasteiger partial charge is 0.339 e. The molecule has 3 aromatic rings. The van der Waals surface area contributed by atoms with Gasteiger partial charge in [0.1, 0.15) is 11.1 Å². The number of nitrogens with zero attached hydrogens (tertiary/aromatic N) is 3. The number of nitrogens with two attached hydrogens (primary N) is 1. The van der Waals surface area contributed by atoms with Gasteiger partial charge in [-0.15, -0.1) is 12.6 Å². The van der Waals surface area contributed by atoms with E-state index in [2.05, 4.69) is 34.4 Å². The molecule has 156 valence electrons. The Bertz CT molecular complexity index is 1030. The topological polar surface area (TPSA) is 105 Å². The quantitative estimate of drug-likeness (QED) is 0.183. The van der Waals surface area contributed by atoms with Gasteiger partial charge < -0.3 is 10.2 Å². The maximum atomic E-state index is 13.1. The highest BCUT2D eigenvalue weighted by atomic mass is 32.2. The van der Waals surface area contributed by atoms with Crippen molar-refractivity contribution in [3.63, 3.8) is 0 Å². The molecule has 0 radical (unpaired) electrons. The highest BCUT2D eigenvalue weighted by Gasteiger charge is 2.13. The van der Waals surface area contributed by atoms with Gasteiger partial charge in [-0.3, -0.25) is 5.21 Å². The Morgan fingerprint density at radius 2 is 2.07 bits per heavy atom. The van der Waals surface area contributed by atoms with Crippen molar-refractivity contribution >= 4 is 30.4 Å². The number of aromatic nitrogens is 2. The Morgan fingerprint density at radius 1 is 1.30 bits per heavy atom. The Labute approximate surface area is 180 Å². The number of halogens is 2. The van der Waals surface area contributed by atoms with Gasteiger partial charge in [0.25, 0.3) is 0 Å². The van der Waals surface area contributed by atoms with E-state index in [0.717, 1.165) is 0 Å². The minimum atomic E-state index is -1.00. The number of furan rings is 1. The lowest BCUT2D eigenvalue weighted by Crippen LogP contribution is -2.38. The van der Waals surface area contributed by atoms with Crippen molar-refractivity contribution in [3.8, 4) is 11.8 Å². The Balaban J connectivity index is 0.000000335. The molecular weight excluding hydrogens is 434 g/mol. The van der Waals surface area contributed by atoms with Crippen LogP contribution in [0.5, 0.6) is 0 Å². The Hall–Kier alpha value is -3.07. The van der Waals surface area contributed by atoms with E-state index in [0.29, 0.717) is 25.6 Å². The van der Waals surface area contributed by atoms with Crippen LogP contribution in [0.3, 0.4) is 0 Å². The first kappa shape index (κ1) is 23.2. The van der Waals surface area contributed by atoms with Crippen LogP contribution in [0.2, 0.25) is 0 Å². The summed E-state index contributed by atoms with van der Waals surface area (Å²) in [5.74, 6) is 4.60. The first-order valence-electron chi connectivity index (χ1n) is 8.23. The maximum Gasteiger partial charge on any atom is 0.339 e.